The molecule has 0 fully saturated rings. The number of hydrogen-bond donors (Lipinski definition) is 2. The van der Waals surface area contributed by atoms with Crippen molar-refractivity contribution in [2.75, 3.05) is 0 Å². The van der Waals surface area contributed by atoms with Crippen LogP contribution in [0.2, 0.25) is 5.02 Å². The highest BCUT2D eigenvalue weighted by molar-refractivity contribution is 6.35. The summed E-state index contributed by atoms with van der Waals surface area (Å²) in [5, 5.41) is 0.562. The van der Waals surface area contributed by atoms with E-state index in [4.69, 9.17) is 21.6 Å². The van der Waals surface area contributed by atoms with E-state index in [2.05, 4.69) is 88.9 Å². The van der Waals surface area contributed by atoms with Crippen molar-refractivity contribution in [3.05, 3.63) is 143 Å². The third-order valence-electron chi connectivity index (χ3n) is 7.88. The van der Waals surface area contributed by atoms with Gasteiger partial charge in [0.05, 0.1) is 33.3 Å². The monoisotopic (exact) mass is 572 g/mol. The maximum atomic E-state index is 7.01. The third-order valence-corrected chi connectivity index (χ3v) is 8.27. The van der Waals surface area contributed by atoms with E-state index < -0.39 is 0 Å². The number of fused-ring (bicyclic) bond motifs is 8. The van der Waals surface area contributed by atoms with E-state index in [1.807, 2.05) is 60.7 Å². The molecule has 5 heterocycles. The molecular weight excluding hydrogens is 548 g/mol. The largest absolute Gasteiger partial charge is 0.354 e. The molecule has 0 spiro atoms. The summed E-state index contributed by atoms with van der Waals surface area (Å²) in [4.78, 5) is 17.6. The lowest BCUT2D eigenvalue weighted by molar-refractivity contribution is 1.31. The summed E-state index contributed by atoms with van der Waals surface area (Å²) in [6, 6.07) is 39.4. The number of aromatic amines is 2. The summed E-state index contributed by atoms with van der Waals surface area (Å²) >= 11 is 7.01. The molecule has 5 heteroatoms. The van der Waals surface area contributed by atoms with Gasteiger partial charge in [-0.3, -0.25) is 0 Å². The molecular formula is C38H25ClN4. The lowest BCUT2D eigenvalue weighted by Gasteiger charge is -2.06. The first-order valence-corrected chi connectivity index (χ1v) is 14.6. The molecule has 3 aromatic carbocycles. The summed E-state index contributed by atoms with van der Waals surface area (Å²) in [6.45, 7) is 0. The number of H-pyrrole nitrogens is 2. The Kier molecular flexibility index (Phi) is 6.13. The van der Waals surface area contributed by atoms with Gasteiger partial charge in [0.25, 0.3) is 0 Å². The molecule has 0 atom stereocenters. The molecule has 43 heavy (non-hydrogen) atoms. The molecule has 0 radical (unpaired) electrons. The Balaban J connectivity index is 1.56. The Bertz CT molecular complexity index is 2190. The molecule has 4 nitrogen and oxygen atoms in total. The van der Waals surface area contributed by atoms with Gasteiger partial charge < -0.3 is 9.97 Å². The minimum Gasteiger partial charge on any atom is -0.354 e. The van der Waals surface area contributed by atoms with Crippen LogP contribution < -0.4 is 0 Å². The Hall–Kier alpha value is -5.45. The SMILES string of the molecule is Clc1c2nc(c(-c3ccccc3)c3ccc([nH]3)c(-c3ccccc3)c3nc(c(-c4ccccc4)c4ccc1[nH]4)C=C3)C=C2. The van der Waals surface area contributed by atoms with Crippen LogP contribution in [0, 0.1) is 0 Å². The molecule has 2 aliphatic rings. The Labute approximate surface area is 253 Å². The van der Waals surface area contributed by atoms with E-state index in [9.17, 15) is 0 Å². The van der Waals surface area contributed by atoms with Gasteiger partial charge in [0.1, 0.15) is 0 Å². The molecule has 0 saturated heterocycles. The number of rotatable bonds is 3. The summed E-state index contributed by atoms with van der Waals surface area (Å²) < 4.78 is 0. The van der Waals surface area contributed by atoms with Crippen LogP contribution in [-0.2, 0) is 0 Å². The lowest BCUT2D eigenvalue weighted by Crippen LogP contribution is -1.88. The fraction of sp³-hybridized carbons (Fsp3) is 0. The van der Waals surface area contributed by atoms with E-state index >= 15 is 0 Å². The van der Waals surface area contributed by atoms with Crippen LogP contribution in [0.5, 0.6) is 0 Å². The van der Waals surface area contributed by atoms with E-state index in [0.717, 1.165) is 72.5 Å². The molecule has 0 unspecified atom stereocenters. The number of benzene rings is 3. The molecule has 2 aliphatic heterocycles. The van der Waals surface area contributed by atoms with Crippen molar-refractivity contribution < 1.29 is 0 Å². The van der Waals surface area contributed by atoms with Crippen molar-refractivity contribution in [1.29, 1.82) is 0 Å². The van der Waals surface area contributed by atoms with Crippen LogP contribution in [-0.4, -0.2) is 19.9 Å². The van der Waals surface area contributed by atoms with Crippen LogP contribution in [0.3, 0.4) is 0 Å². The number of hydrogen-bond acceptors (Lipinski definition) is 2. The van der Waals surface area contributed by atoms with Gasteiger partial charge in [0.15, 0.2) is 0 Å². The summed E-state index contributed by atoms with van der Waals surface area (Å²) in [5.74, 6) is 0. The van der Waals surface area contributed by atoms with Crippen LogP contribution in [0.25, 0.3) is 79.8 Å². The van der Waals surface area contributed by atoms with Crippen molar-refractivity contribution >= 4 is 58.0 Å². The molecule has 8 bridgehead atoms. The predicted molar refractivity (Wildman–Crippen MR) is 180 cm³/mol. The van der Waals surface area contributed by atoms with Gasteiger partial charge in [0, 0.05) is 33.2 Å². The number of aromatic nitrogens is 4. The van der Waals surface area contributed by atoms with Gasteiger partial charge in [-0.1, -0.05) is 103 Å². The number of nitrogens with one attached hydrogen (secondary N) is 2. The average molecular weight is 573 g/mol. The smallest absolute Gasteiger partial charge is 0.0897 e. The van der Waals surface area contributed by atoms with Gasteiger partial charge in [-0.25, -0.2) is 9.97 Å². The van der Waals surface area contributed by atoms with Crippen LogP contribution in [0.15, 0.2) is 115 Å². The van der Waals surface area contributed by atoms with Gasteiger partial charge in [-0.05, 0) is 65.3 Å². The first-order valence-electron chi connectivity index (χ1n) is 14.2. The quantitative estimate of drug-likeness (QED) is 0.221. The maximum absolute atomic E-state index is 7.01. The summed E-state index contributed by atoms with van der Waals surface area (Å²) in [5.41, 5.74) is 13.3. The maximum Gasteiger partial charge on any atom is 0.0897 e. The van der Waals surface area contributed by atoms with E-state index in [0.29, 0.717) is 10.7 Å². The summed E-state index contributed by atoms with van der Waals surface area (Å²) in [7, 11) is 0. The average Bonchev–Trinajstić information content (AvgIpc) is 3.88. The van der Waals surface area contributed by atoms with Gasteiger partial charge in [-0.15, -0.1) is 0 Å². The van der Waals surface area contributed by atoms with E-state index in [1.54, 1.807) is 0 Å². The van der Waals surface area contributed by atoms with E-state index in [-0.39, 0.29) is 0 Å². The molecule has 0 aliphatic carbocycles. The van der Waals surface area contributed by atoms with Crippen LogP contribution in [0.4, 0.5) is 0 Å². The Morgan fingerprint density at radius 1 is 0.372 bits per heavy atom. The Morgan fingerprint density at radius 2 is 0.698 bits per heavy atom. The fourth-order valence-electron chi connectivity index (χ4n) is 5.90. The topological polar surface area (TPSA) is 57.4 Å². The van der Waals surface area contributed by atoms with Crippen LogP contribution >= 0.6 is 11.6 Å². The second-order valence-electron chi connectivity index (χ2n) is 10.5. The first kappa shape index (κ1) is 25.3. The zero-order chi connectivity index (χ0) is 28.8. The molecule has 8 rings (SSSR count). The highest BCUT2D eigenvalue weighted by atomic mass is 35.5. The van der Waals surface area contributed by atoms with E-state index in [1.165, 1.54) is 0 Å². The second kappa shape index (κ2) is 10.4. The van der Waals surface area contributed by atoms with Gasteiger partial charge >= 0.3 is 0 Å². The second-order valence-corrected chi connectivity index (χ2v) is 10.9. The molecule has 2 N–H and O–H groups in total. The standard InChI is InChI=1S/C38H25ClN4/c39-38-33-22-20-31(42-33)36(25-12-6-2-7-13-25)29-18-16-27(40-29)35(24-10-4-1-5-11-24)28-17-19-30(41-28)37(26-14-8-3-9-15-26)32-21-23-34(38)43-32/h1-23,40,43H. The minimum atomic E-state index is 0.562. The van der Waals surface area contributed by atoms with Crippen molar-refractivity contribution in [2.45, 2.75) is 0 Å². The fourth-order valence-corrected chi connectivity index (χ4v) is 6.11. The lowest BCUT2D eigenvalue weighted by atomic mass is 10.0. The number of halogens is 1. The van der Waals surface area contributed by atoms with Crippen LogP contribution in [0.1, 0.15) is 22.8 Å². The first-order chi connectivity index (χ1) is 21.2. The zero-order valence-corrected chi connectivity index (χ0v) is 23.8. The molecule has 0 saturated carbocycles. The predicted octanol–water partition coefficient (Wildman–Crippen LogP) is 10.3. The minimum absolute atomic E-state index is 0.562. The van der Waals surface area contributed by atoms with Crippen molar-refractivity contribution in [2.24, 2.45) is 0 Å². The normalized spacial score (nSPS) is 12.1. The summed E-state index contributed by atoms with van der Waals surface area (Å²) in [6.07, 6.45) is 8.22. The molecule has 3 aromatic heterocycles. The van der Waals surface area contributed by atoms with Crippen molar-refractivity contribution in [1.82, 2.24) is 19.9 Å². The molecule has 0 amide bonds. The Morgan fingerprint density at radius 3 is 1.12 bits per heavy atom. The molecule has 6 aromatic rings. The van der Waals surface area contributed by atoms with Gasteiger partial charge in [0.2, 0.25) is 0 Å². The third kappa shape index (κ3) is 4.49. The van der Waals surface area contributed by atoms with Crippen molar-refractivity contribution in [3.8, 4) is 33.4 Å². The van der Waals surface area contributed by atoms with Gasteiger partial charge in [-0.2, -0.15) is 0 Å². The zero-order valence-electron chi connectivity index (χ0n) is 23.1. The molecule has 204 valence electrons. The highest BCUT2D eigenvalue weighted by Crippen LogP contribution is 2.37. The number of nitrogens with zero attached hydrogens (tertiary/aromatic N) is 2. The van der Waals surface area contributed by atoms with Crippen molar-refractivity contribution in [3.63, 3.8) is 0 Å². The highest BCUT2D eigenvalue weighted by Gasteiger charge is 2.17.